The van der Waals surface area contributed by atoms with E-state index in [4.69, 9.17) is 11.6 Å². The number of nitrogens with one attached hydrogen (secondary N) is 1. The number of aryl methyl sites for hydroxylation is 2. The predicted octanol–water partition coefficient (Wildman–Crippen LogP) is 3.20. The number of aromatic nitrogens is 4. The Kier molecular flexibility index (Phi) is 6.79. The highest BCUT2D eigenvalue weighted by Crippen LogP contribution is 2.32. The summed E-state index contributed by atoms with van der Waals surface area (Å²) >= 11 is 6.31. The Labute approximate surface area is 246 Å². The fourth-order valence-electron chi connectivity index (χ4n) is 5.46. The molecule has 0 saturated carbocycles. The zero-order valence-corrected chi connectivity index (χ0v) is 24.1. The molecule has 2 aliphatic rings. The normalized spacial score (nSPS) is 14.5. The molecule has 6 rings (SSSR count). The molecule has 2 aromatic carbocycles. The SMILES string of the molecule is Cc1cc(CNC(=O)c2nn(-c3cc(Cl)cc(C#N)c3)c3c2CCN(c2ccc4c(c2)C(=O)N(C)CC4)C3=O)nn1C. The summed E-state index contributed by atoms with van der Waals surface area (Å²) in [7, 11) is 3.59. The molecular weight excluding hydrogens is 556 g/mol. The molecule has 1 N–H and O–H groups in total. The van der Waals surface area contributed by atoms with E-state index in [1.165, 1.54) is 10.7 Å². The Morgan fingerprint density at radius 2 is 1.83 bits per heavy atom. The van der Waals surface area contributed by atoms with Crippen LogP contribution in [-0.2, 0) is 26.4 Å². The van der Waals surface area contributed by atoms with Crippen LogP contribution in [0.4, 0.5) is 5.69 Å². The number of likely N-dealkylation sites (N-methyl/N-ethyl adjacent to an activating group) is 1. The molecule has 42 heavy (non-hydrogen) atoms. The minimum Gasteiger partial charge on any atom is -0.345 e. The average Bonchev–Trinajstić information content (AvgIpc) is 3.53. The third kappa shape index (κ3) is 4.69. The van der Waals surface area contributed by atoms with Crippen LogP contribution < -0.4 is 10.2 Å². The highest BCUT2D eigenvalue weighted by atomic mass is 35.5. The van der Waals surface area contributed by atoms with Gasteiger partial charge in [-0.25, -0.2) is 4.68 Å². The van der Waals surface area contributed by atoms with Crippen LogP contribution in [0.5, 0.6) is 0 Å². The van der Waals surface area contributed by atoms with Gasteiger partial charge in [0.1, 0.15) is 5.69 Å². The van der Waals surface area contributed by atoms with E-state index in [-0.39, 0.29) is 35.3 Å². The lowest BCUT2D eigenvalue weighted by molar-refractivity contribution is 0.0780. The van der Waals surface area contributed by atoms with Crippen molar-refractivity contribution in [2.45, 2.75) is 26.3 Å². The number of rotatable bonds is 5. The van der Waals surface area contributed by atoms with Gasteiger partial charge in [0.05, 0.1) is 29.6 Å². The predicted molar refractivity (Wildman–Crippen MR) is 155 cm³/mol. The number of carbonyl (C=O) groups excluding carboxylic acids is 3. The molecule has 2 aromatic heterocycles. The molecule has 0 bridgehead atoms. The first-order valence-corrected chi connectivity index (χ1v) is 13.8. The summed E-state index contributed by atoms with van der Waals surface area (Å²) < 4.78 is 3.11. The Hall–Kier alpha value is -4.95. The Bertz CT molecular complexity index is 1810. The van der Waals surface area contributed by atoms with E-state index in [2.05, 4.69) is 21.6 Å². The van der Waals surface area contributed by atoms with E-state index in [1.807, 2.05) is 32.2 Å². The number of fused-ring (bicyclic) bond motifs is 2. The number of carbonyl (C=O) groups is 3. The largest absolute Gasteiger partial charge is 0.345 e. The molecule has 0 saturated heterocycles. The van der Waals surface area contributed by atoms with Crippen LogP contribution in [0.25, 0.3) is 5.69 Å². The van der Waals surface area contributed by atoms with Gasteiger partial charge in [0.15, 0.2) is 5.69 Å². The van der Waals surface area contributed by atoms with Crippen LogP contribution in [-0.4, -0.2) is 62.3 Å². The molecular formula is C30H27ClN8O3. The number of nitrogens with zero attached hydrogens (tertiary/aromatic N) is 7. The van der Waals surface area contributed by atoms with Crippen molar-refractivity contribution in [3.8, 4) is 11.8 Å². The average molecular weight is 583 g/mol. The van der Waals surface area contributed by atoms with Crippen molar-refractivity contribution in [3.63, 3.8) is 0 Å². The van der Waals surface area contributed by atoms with Crippen LogP contribution in [0, 0.1) is 18.3 Å². The molecule has 4 aromatic rings. The second kappa shape index (κ2) is 10.5. The quantitative estimate of drug-likeness (QED) is 0.385. The zero-order chi connectivity index (χ0) is 29.7. The van der Waals surface area contributed by atoms with Gasteiger partial charge < -0.3 is 15.1 Å². The van der Waals surface area contributed by atoms with E-state index in [9.17, 15) is 19.6 Å². The molecule has 0 unspecified atom stereocenters. The fourth-order valence-corrected chi connectivity index (χ4v) is 5.69. The summed E-state index contributed by atoms with van der Waals surface area (Å²) in [5.74, 6) is -0.906. The molecule has 0 fully saturated rings. The summed E-state index contributed by atoms with van der Waals surface area (Å²) in [6.07, 6.45) is 1.10. The molecule has 0 aliphatic carbocycles. The summed E-state index contributed by atoms with van der Waals surface area (Å²) in [5, 5.41) is 21.7. The van der Waals surface area contributed by atoms with Crippen molar-refractivity contribution in [3.05, 3.63) is 92.5 Å². The van der Waals surface area contributed by atoms with Crippen LogP contribution in [0.15, 0.2) is 42.5 Å². The first kappa shape index (κ1) is 27.2. The molecule has 0 atom stereocenters. The third-order valence-corrected chi connectivity index (χ3v) is 8.00. The minimum absolute atomic E-state index is 0.0849. The molecule has 4 heterocycles. The minimum atomic E-state index is -0.445. The van der Waals surface area contributed by atoms with Crippen LogP contribution in [0.1, 0.15) is 59.4 Å². The van der Waals surface area contributed by atoms with Crippen molar-refractivity contribution >= 4 is 35.0 Å². The zero-order valence-electron chi connectivity index (χ0n) is 23.3. The van der Waals surface area contributed by atoms with Gasteiger partial charge in [-0.3, -0.25) is 19.1 Å². The highest BCUT2D eigenvalue weighted by molar-refractivity contribution is 6.30. The van der Waals surface area contributed by atoms with Gasteiger partial charge in [-0.05, 0) is 61.7 Å². The molecule has 11 nitrogen and oxygen atoms in total. The lowest BCUT2D eigenvalue weighted by Crippen LogP contribution is -2.40. The first-order chi connectivity index (χ1) is 20.1. The molecule has 0 radical (unpaired) electrons. The lowest BCUT2D eigenvalue weighted by Gasteiger charge is -2.30. The Morgan fingerprint density at radius 3 is 2.57 bits per heavy atom. The van der Waals surface area contributed by atoms with E-state index in [0.717, 1.165) is 17.7 Å². The van der Waals surface area contributed by atoms with Gasteiger partial charge in [-0.2, -0.15) is 15.5 Å². The molecule has 0 spiro atoms. The summed E-state index contributed by atoms with van der Waals surface area (Å²) in [6.45, 7) is 3.05. The van der Waals surface area contributed by atoms with Crippen molar-refractivity contribution in [2.24, 2.45) is 7.05 Å². The van der Waals surface area contributed by atoms with Crippen LogP contribution in [0.2, 0.25) is 5.02 Å². The van der Waals surface area contributed by atoms with Gasteiger partial charge in [-0.1, -0.05) is 17.7 Å². The van der Waals surface area contributed by atoms with Crippen LogP contribution in [0.3, 0.4) is 0 Å². The summed E-state index contributed by atoms with van der Waals surface area (Å²) in [6, 6.07) is 14.1. The smallest absolute Gasteiger partial charge is 0.277 e. The lowest BCUT2D eigenvalue weighted by atomic mass is 9.97. The van der Waals surface area contributed by atoms with Crippen molar-refractivity contribution in [1.82, 2.24) is 29.8 Å². The van der Waals surface area contributed by atoms with Gasteiger partial charge in [0, 0.05) is 54.7 Å². The van der Waals surface area contributed by atoms with Gasteiger partial charge >= 0.3 is 0 Å². The summed E-state index contributed by atoms with van der Waals surface area (Å²) in [4.78, 5) is 43.7. The molecule has 12 heteroatoms. The van der Waals surface area contributed by atoms with Gasteiger partial charge in [0.25, 0.3) is 17.7 Å². The number of amides is 3. The maximum absolute atomic E-state index is 14.1. The van der Waals surface area contributed by atoms with E-state index < -0.39 is 5.91 Å². The topological polar surface area (TPSA) is 129 Å². The van der Waals surface area contributed by atoms with Gasteiger partial charge in [-0.15, -0.1) is 0 Å². The highest BCUT2D eigenvalue weighted by Gasteiger charge is 2.36. The fraction of sp³-hybridized carbons (Fsp3) is 0.267. The standard InChI is InChI=1S/C30H27ClN8O3/c1-17-10-21(34-37(17)3)16-33-28(40)26-24-7-9-38(22-5-4-19-6-8-36(2)29(41)25(19)14-22)30(42)27(24)39(35-26)23-12-18(15-32)11-20(31)13-23/h4-5,10-14H,6-9,16H2,1-3H3,(H,33,40). The van der Waals surface area contributed by atoms with Crippen molar-refractivity contribution in [2.75, 3.05) is 25.0 Å². The molecule has 3 amide bonds. The van der Waals surface area contributed by atoms with E-state index in [1.54, 1.807) is 39.7 Å². The van der Waals surface area contributed by atoms with E-state index >= 15 is 0 Å². The summed E-state index contributed by atoms with van der Waals surface area (Å²) in [5.41, 5.74) is 5.24. The Balaban J connectivity index is 1.40. The van der Waals surface area contributed by atoms with Crippen molar-refractivity contribution < 1.29 is 14.4 Å². The number of hydrogen-bond acceptors (Lipinski definition) is 6. The molecule has 212 valence electrons. The van der Waals surface area contributed by atoms with E-state index in [0.29, 0.717) is 52.7 Å². The number of nitriles is 1. The van der Waals surface area contributed by atoms with Crippen molar-refractivity contribution in [1.29, 1.82) is 5.26 Å². The maximum Gasteiger partial charge on any atom is 0.277 e. The second-order valence-electron chi connectivity index (χ2n) is 10.5. The number of anilines is 1. The third-order valence-electron chi connectivity index (χ3n) is 7.78. The maximum atomic E-state index is 14.1. The van der Waals surface area contributed by atoms with Gasteiger partial charge in [0.2, 0.25) is 0 Å². The monoisotopic (exact) mass is 582 g/mol. The number of benzene rings is 2. The number of halogens is 1. The second-order valence-corrected chi connectivity index (χ2v) is 10.9. The van der Waals surface area contributed by atoms with Crippen LogP contribution >= 0.6 is 11.6 Å². The Morgan fingerprint density at radius 1 is 1.02 bits per heavy atom. The number of hydrogen-bond donors (Lipinski definition) is 1. The first-order valence-electron chi connectivity index (χ1n) is 13.5. The molecule has 2 aliphatic heterocycles.